The predicted molar refractivity (Wildman–Crippen MR) is 272 cm³/mol. The van der Waals surface area contributed by atoms with Gasteiger partial charge in [-0.15, -0.1) is 22.7 Å². The van der Waals surface area contributed by atoms with E-state index in [0.717, 1.165) is 81.0 Å². The molecule has 0 spiro atoms. The Balaban J connectivity index is 0.000000183. The molecular formula is C55H67BrN2O11S2. The minimum absolute atomic E-state index is 0. The maximum Gasteiger partial charge on any atom is 0.349 e. The monoisotopic (exact) mass is 1070 g/mol. The molecule has 71 heavy (non-hydrogen) atoms. The Labute approximate surface area is 434 Å². The van der Waals surface area contributed by atoms with E-state index in [0.29, 0.717) is 57.1 Å². The smallest absolute Gasteiger partial charge is 0.349 e. The molecule has 6 atom stereocenters. The fourth-order valence-electron chi connectivity index (χ4n) is 9.64. The molecule has 382 valence electrons. The fourth-order valence-corrected chi connectivity index (χ4v) is 11.4. The molecule has 3 saturated heterocycles. The number of thiophene rings is 2. The highest BCUT2D eigenvalue weighted by molar-refractivity contribution is 7.12. The van der Waals surface area contributed by atoms with Crippen LogP contribution in [0.4, 0.5) is 0 Å². The normalized spacial score (nSPS) is 19.8. The van der Waals surface area contributed by atoms with Crippen LogP contribution < -0.4 is 22.3 Å². The van der Waals surface area contributed by atoms with Crippen LogP contribution in [0.15, 0.2) is 120 Å². The average molecular weight is 1080 g/mol. The Morgan fingerprint density at radius 1 is 0.803 bits per heavy atom. The lowest BCUT2D eigenvalue weighted by atomic mass is 9.95. The molecule has 9 rings (SSSR count). The van der Waals surface area contributed by atoms with Crippen LogP contribution in [0.1, 0.15) is 94.3 Å². The van der Waals surface area contributed by atoms with Gasteiger partial charge < -0.3 is 71.6 Å². The average Bonchev–Trinajstić information content (AvgIpc) is 3.62. The molecule has 6 aromatic rings. The van der Waals surface area contributed by atoms with Crippen LogP contribution in [0.2, 0.25) is 0 Å². The van der Waals surface area contributed by atoms with E-state index in [1.165, 1.54) is 46.8 Å². The van der Waals surface area contributed by atoms with Crippen molar-refractivity contribution in [3.05, 3.63) is 152 Å². The van der Waals surface area contributed by atoms with Crippen molar-refractivity contribution in [1.82, 2.24) is 5.32 Å². The Morgan fingerprint density at radius 3 is 2.07 bits per heavy atom. The SMILES string of the molecule is C[N+]1(C)C2CC(OC(=O)C(O)(c3cccs3)c3cccs3)CC1[C@@H]1O[C@H]21.O=C(O)c1ccc2ccccc2c1O.OCc1cc(C(O)CNCCCCCCOCCCCc2ccccc2)ccc1O.[Br-]. The molecule has 0 radical (unpaired) electrons. The number of hydrogen-bond donors (Lipinski definition) is 7. The van der Waals surface area contributed by atoms with Crippen LogP contribution in [0, 0.1) is 0 Å². The van der Waals surface area contributed by atoms with Gasteiger partial charge in [0.25, 0.3) is 0 Å². The minimum Gasteiger partial charge on any atom is -1.00 e. The number of quaternary nitrogens is 1. The van der Waals surface area contributed by atoms with Crippen molar-refractivity contribution >= 4 is 45.4 Å². The lowest BCUT2D eigenvalue weighted by Crippen LogP contribution is -3.00. The summed E-state index contributed by atoms with van der Waals surface area (Å²) in [6, 6.07) is 33.6. The van der Waals surface area contributed by atoms with Crippen molar-refractivity contribution in [2.45, 2.75) is 106 Å². The number of morpholine rings is 1. The van der Waals surface area contributed by atoms with Gasteiger partial charge in [-0.05, 0) is 96.3 Å². The van der Waals surface area contributed by atoms with Gasteiger partial charge in [0.05, 0.1) is 36.6 Å². The van der Waals surface area contributed by atoms with Gasteiger partial charge in [-0.2, -0.15) is 0 Å². The van der Waals surface area contributed by atoms with E-state index >= 15 is 0 Å². The number of fused-ring (bicyclic) bond motifs is 6. The van der Waals surface area contributed by atoms with Crippen molar-refractivity contribution in [2.24, 2.45) is 0 Å². The lowest BCUT2D eigenvalue weighted by molar-refractivity contribution is -0.938. The van der Waals surface area contributed by atoms with Crippen molar-refractivity contribution < 1.29 is 75.9 Å². The molecule has 4 unspecified atom stereocenters. The van der Waals surface area contributed by atoms with E-state index < -0.39 is 23.6 Å². The number of carboxylic acids is 1. The number of carbonyl (C=O) groups excluding carboxylic acids is 1. The second kappa shape index (κ2) is 26.3. The number of hydrogen-bond acceptors (Lipinski definition) is 13. The number of nitrogens with one attached hydrogen (secondary N) is 1. The number of benzene rings is 4. The number of carboxylic acid groups (broad SMARTS) is 1. The van der Waals surface area contributed by atoms with Gasteiger partial charge in [-0.3, -0.25) is 0 Å². The van der Waals surface area contributed by atoms with Crippen molar-refractivity contribution in [3.63, 3.8) is 0 Å². The number of piperidine rings is 1. The second-order valence-corrected chi connectivity index (χ2v) is 20.6. The molecular weight excluding hydrogens is 1010 g/mol. The number of likely N-dealkylation sites (N-methyl/N-ethyl adjacent to an activating group) is 1. The molecule has 0 saturated carbocycles. The standard InChI is InChI=1S/C25H37NO4.C19H22NO4S2.C11H8O3.BrH/c27-20-23-18-22(13-14-24(23)28)25(29)19-26-15-7-1-2-8-16-30-17-9-6-12-21-10-4-3-5-11-21;1-20(2)12-9-11(10-13(20)17-16(12)24-17)23-18(21)19(22,14-5-3-7-25-14)15-6-4-8-26-15;12-10-8-4-2-1-3-7(8)5-6-9(10)11(13)14;/h3-5,10-11,13-14,18,25-29H,1-2,6-9,12,15-17,19-20H2;3-8,11-13,16-17,22H,9-10H2,1-2H3;1-6,12H,(H,13,14);1H/q;+1;;/p-1/t;11?,12?,13?,16-,17+;;. The third kappa shape index (κ3) is 14.1. The van der Waals surface area contributed by atoms with Gasteiger partial charge in [-0.25, -0.2) is 9.59 Å². The molecule has 2 bridgehead atoms. The number of phenols is 2. The quantitative estimate of drug-likeness (QED) is 0.0201. The first-order valence-corrected chi connectivity index (χ1v) is 26.0. The molecule has 16 heteroatoms. The molecule has 5 heterocycles. The number of unbranched alkanes of at least 4 members (excludes halogenated alkanes) is 4. The number of aromatic hydroxyl groups is 2. The summed E-state index contributed by atoms with van der Waals surface area (Å²) >= 11 is 2.74. The summed E-state index contributed by atoms with van der Waals surface area (Å²) in [6.45, 7) is 2.77. The molecule has 13 nitrogen and oxygen atoms in total. The van der Waals surface area contributed by atoms with Crippen molar-refractivity contribution in [2.75, 3.05) is 40.4 Å². The molecule has 4 aromatic carbocycles. The number of halogens is 1. The summed E-state index contributed by atoms with van der Waals surface area (Å²) < 4.78 is 18.4. The molecule has 0 amide bonds. The summed E-state index contributed by atoms with van der Waals surface area (Å²) in [5.41, 5.74) is 0.748. The Morgan fingerprint density at radius 2 is 1.44 bits per heavy atom. The number of nitrogens with zero attached hydrogens (tertiary/aromatic N) is 1. The van der Waals surface area contributed by atoms with Crippen LogP contribution in [-0.4, -0.2) is 118 Å². The molecule has 3 aliphatic heterocycles. The van der Waals surface area contributed by atoms with E-state index in [-0.39, 0.29) is 46.8 Å². The zero-order valence-corrected chi connectivity index (χ0v) is 43.5. The molecule has 7 N–H and O–H groups in total. The predicted octanol–water partition coefficient (Wildman–Crippen LogP) is 5.70. The Kier molecular flexibility index (Phi) is 20.6. The van der Waals surface area contributed by atoms with Crippen LogP contribution in [0.25, 0.3) is 10.8 Å². The first-order valence-electron chi connectivity index (χ1n) is 24.2. The van der Waals surface area contributed by atoms with E-state index in [9.17, 15) is 35.1 Å². The number of carbonyl (C=O) groups is 2. The van der Waals surface area contributed by atoms with Crippen molar-refractivity contribution in [3.8, 4) is 11.5 Å². The lowest BCUT2D eigenvalue weighted by Gasteiger charge is -2.45. The first kappa shape index (κ1) is 55.6. The zero-order valence-electron chi connectivity index (χ0n) is 40.3. The maximum absolute atomic E-state index is 13.1. The molecule has 2 aromatic heterocycles. The van der Waals surface area contributed by atoms with Crippen LogP contribution >= 0.6 is 22.7 Å². The topological polar surface area (TPSA) is 199 Å². The summed E-state index contributed by atoms with van der Waals surface area (Å²) in [7, 11) is 4.49. The number of aliphatic hydroxyl groups is 3. The number of esters is 1. The van der Waals surface area contributed by atoms with Gasteiger partial charge >= 0.3 is 11.9 Å². The fraction of sp³-hybridized carbons (Fsp3) is 0.418. The summed E-state index contributed by atoms with van der Waals surface area (Å²) in [6.07, 6.45) is 9.29. The Bertz CT molecular complexity index is 2530. The Hall–Kier alpha value is -4.72. The highest BCUT2D eigenvalue weighted by Gasteiger charge is 2.71. The van der Waals surface area contributed by atoms with Crippen molar-refractivity contribution in [1.29, 1.82) is 0 Å². The van der Waals surface area contributed by atoms with E-state index in [1.807, 2.05) is 35.0 Å². The third-order valence-electron chi connectivity index (χ3n) is 13.7. The summed E-state index contributed by atoms with van der Waals surface area (Å²) in [5.74, 6) is -1.80. The first-order chi connectivity index (χ1) is 33.8. The summed E-state index contributed by atoms with van der Waals surface area (Å²) in [5, 5.41) is 67.1. The van der Waals surface area contributed by atoms with Gasteiger partial charge in [-0.1, -0.05) is 91.7 Å². The largest absolute Gasteiger partial charge is 1.00 e. The van der Waals surface area contributed by atoms with E-state index in [2.05, 4.69) is 49.7 Å². The number of rotatable bonds is 21. The maximum atomic E-state index is 13.1. The molecule has 0 aliphatic carbocycles. The van der Waals surface area contributed by atoms with E-state index in [4.69, 9.17) is 19.3 Å². The zero-order chi connectivity index (χ0) is 49.7. The number of aromatic carboxylic acids is 1. The van der Waals surface area contributed by atoms with Gasteiger partial charge in [0.2, 0.25) is 5.60 Å². The van der Waals surface area contributed by atoms with E-state index in [1.54, 1.807) is 42.5 Å². The highest BCUT2D eigenvalue weighted by Crippen LogP contribution is 2.52. The molecule has 3 aliphatic rings. The number of aryl methyl sites for hydroxylation is 1. The second-order valence-electron chi connectivity index (χ2n) is 18.7. The molecule has 3 fully saturated rings. The van der Waals surface area contributed by atoms with Crippen LogP contribution in [0.5, 0.6) is 11.5 Å². The summed E-state index contributed by atoms with van der Waals surface area (Å²) in [4.78, 5) is 25.0. The minimum atomic E-state index is -1.72. The highest BCUT2D eigenvalue weighted by atomic mass is 79.9. The van der Waals surface area contributed by atoms with Crippen LogP contribution in [-0.2, 0) is 37.6 Å². The number of ether oxygens (including phenoxy) is 3. The van der Waals surface area contributed by atoms with Gasteiger partial charge in [0, 0.05) is 43.5 Å². The van der Waals surface area contributed by atoms with Gasteiger partial charge in [0.15, 0.2) is 0 Å². The third-order valence-corrected chi connectivity index (χ3v) is 15.7. The van der Waals surface area contributed by atoms with Gasteiger partial charge in [0.1, 0.15) is 47.5 Å². The van der Waals surface area contributed by atoms with Crippen LogP contribution in [0.3, 0.4) is 0 Å². The number of epoxide rings is 1. The number of aliphatic hydroxyl groups excluding tert-OH is 2.